The molecule has 100 valence electrons. The summed E-state index contributed by atoms with van der Waals surface area (Å²) < 4.78 is 6.23. The highest BCUT2D eigenvalue weighted by Crippen LogP contribution is 2.35. The summed E-state index contributed by atoms with van der Waals surface area (Å²) in [4.78, 5) is 10.5. The van der Waals surface area contributed by atoms with Crippen LogP contribution >= 0.6 is 31.9 Å². The smallest absolute Gasteiger partial charge is 0.312 e. The predicted octanol–water partition coefficient (Wildman–Crippen LogP) is 4.40. The van der Waals surface area contributed by atoms with Crippen LogP contribution in [0, 0.1) is 22.0 Å². The van der Waals surface area contributed by atoms with Crippen molar-refractivity contribution < 1.29 is 9.66 Å². The minimum absolute atomic E-state index is 0.0125. The first kappa shape index (κ1) is 15.4. The molecule has 0 bridgehead atoms. The van der Waals surface area contributed by atoms with E-state index in [0.29, 0.717) is 28.7 Å². The van der Waals surface area contributed by atoms with Gasteiger partial charge in [0.2, 0.25) is 5.75 Å². The average molecular weight is 381 g/mol. The fourth-order valence-corrected chi connectivity index (χ4v) is 2.79. The van der Waals surface area contributed by atoms with Gasteiger partial charge in [-0.15, -0.1) is 0 Å². The normalized spacial score (nSPS) is 12.5. The molecular weight excluding hydrogens is 366 g/mol. The summed E-state index contributed by atoms with van der Waals surface area (Å²) in [6.45, 7) is 4.65. The highest BCUT2D eigenvalue weighted by molar-refractivity contribution is 9.10. The van der Waals surface area contributed by atoms with Crippen molar-refractivity contribution in [3.8, 4) is 5.75 Å². The lowest BCUT2D eigenvalue weighted by atomic mass is 9.99. The zero-order valence-corrected chi connectivity index (χ0v) is 13.4. The number of alkyl halides is 1. The second-order valence-corrected chi connectivity index (χ2v) is 5.82. The van der Waals surface area contributed by atoms with E-state index < -0.39 is 4.92 Å². The van der Waals surface area contributed by atoms with E-state index in [4.69, 9.17) is 4.74 Å². The fraction of sp³-hybridized carbons (Fsp3) is 0.500. The maximum absolute atomic E-state index is 10.9. The lowest BCUT2D eigenvalue weighted by Crippen LogP contribution is -2.19. The lowest BCUT2D eigenvalue weighted by Gasteiger charge is -2.19. The molecule has 0 aliphatic rings. The van der Waals surface area contributed by atoms with Gasteiger partial charge in [0.1, 0.15) is 0 Å². The van der Waals surface area contributed by atoms with Gasteiger partial charge >= 0.3 is 5.69 Å². The molecule has 1 atom stereocenters. The van der Waals surface area contributed by atoms with E-state index in [0.717, 1.165) is 5.33 Å². The number of benzene rings is 1. The molecule has 0 N–H and O–H groups in total. The Balaban J connectivity index is 2.87. The maximum Gasteiger partial charge on any atom is 0.312 e. The minimum Gasteiger partial charge on any atom is -0.486 e. The van der Waals surface area contributed by atoms with Gasteiger partial charge in [-0.2, -0.15) is 0 Å². The zero-order valence-electron chi connectivity index (χ0n) is 10.2. The molecule has 0 fully saturated rings. The van der Waals surface area contributed by atoms with Crippen molar-refractivity contribution in [2.75, 3.05) is 11.9 Å². The standard InChI is InChI=1S/C12H15Br2NO3/c1-8(2)9(6-13)7-18-12-10(14)4-3-5-11(12)15(16)17/h3-5,8-9H,6-7H2,1-2H3. The first-order valence-corrected chi connectivity index (χ1v) is 7.50. The molecule has 1 aromatic rings. The number of nitro benzene ring substituents is 1. The molecule has 0 heterocycles. The van der Waals surface area contributed by atoms with Crippen molar-refractivity contribution >= 4 is 37.5 Å². The number of hydrogen-bond donors (Lipinski definition) is 0. The third-order valence-corrected chi connectivity index (χ3v) is 4.18. The SMILES string of the molecule is CC(C)C(CBr)COc1c(Br)cccc1[N+](=O)[O-]. The molecule has 0 aliphatic heterocycles. The number of nitro groups is 1. The number of ether oxygens (including phenoxy) is 1. The van der Waals surface area contributed by atoms with Crippen LogP contribution < -0.4 is 4.74 Å². The fourth-order valence-electron chi connectivity index (χ4n) is 1.39. The largest absolute Gasteiger partial charge is 0.486 e. The van der Waals surface area contributed by atoms with E-state index in [-0.39, 0.29) is 5.69 Å². The Morgan fingerprint density at radius 3 is 2.61 bits per heavy atom. The molecular formula is C12H15Br2NO3. The zero-order chi connectivity index (χ0) is 13.7. The van der Waals surface area contributed by atoms with Crippen molar-refractivity contribution in [2.45, 2.75) is 13.8 Å². The Morgan fingerprint density at radius 2 is 2.11 bits per heavy atom. The van der Waals surface area contributed by atoms with E-state index in [1.165, 1.54) is 6.07 Å². The van der Waals surface area contributed by atoms with Gasteiger partial charge in [-0.1, -0.05) is 35.8 Å². The minimum atomic E-state index is -0.432. The van der Waals surface area contributed by atoms with Crippen LogP contribution in [0.1, 0.15) is 13.8 Å². The summed E-state index contributed by atoms with van der Waals surface area (Å²) in [6, 6.07) is 4.80. The van der Waals surface area contributed by atoms with Crippen LogP contribution in [0.2, 0.25) is 0 Å². The molecule has 0 spiro atoms. The molecule has 1 rings (SSSR count). The van der Waals surface area contributed by atoms with Crippen LogP contribution in [0.4, 0.5) is 5.69 Å². The first-order valence-electron chi connectivity index (χ1n) is 5.59. The topological polar surface area (TPSA) is 52.4 Å². The van der Waals surface area contributed by atoms with Crippen LogP contribution in [0.5, 0.6) is 5.75 Å². The summed E-state index contributed by atoms with van der Waals surface area (Å²) in [5.41, 5.74) is -0.0125. The van der Waals surface area contributed by atoms with Crippen LogP contribution in [0.15, 0.2) is 22.7 Å². The molecule has 0 saturated carbocycles. The number of nitrogens with zero attached hydrogens (tertiary/aromatic N) is 1. The van der Waals surface area contributed by atoms with Crippen molar-refractivity contribution in [1.29, 1.82) is 0 Å². The summed E-state index contributed by atoms with van der Waals surface area (Å²) in [6.07, 6.45) is 0. The molecule has 0 amide bonds. The van der Waals surface area contributed by atoms with Gasteiger partial charge in [0.25, 0.3) is 0 Å². The van der Waals surface area contributed by atoms with Gasteiger partial charge in [-0.05, 0) is 27.9 Å². The van der Waals surface area contributed by atoms with Crippen LogP contribution in [-0.2, 0) is 0 Å². The van der Waals surface area contributed by atoms with Crippen molar-refractivity contribution in [2.24, 2.45) is 11.8 Å². The lowest BCUT2D eigenvalue weighted by molar-refractivity contribution is -0.386. The van der Waals surface area contributed by atoms with Gasteiger partial charge < -0.3 is 4.74 Å². The van der Waals surface area contributed by atoms with Crippen LogP contribution in [0.25, 0.3) is 0 Å². The van der Waals surface area contributed by atoms with E-state index in [1.807, 2.05) is 0 Å². The molecule has 1 aromatic carbocycles. The third kappa shape index (κ3) is 3.95. The molecule has 0 aromatic heterocycles. The molecule has 18 heavy (non-hydrogen) atoms. The summed E-state index contributed by atoms with van der Waals surface area (Å²) in [7, 11) is 0. The van der Waals surface area contributed by atoms with E-state index in [9.17, 15) is 10.1 Å². The van der Waals surface area contributed by atoms with Crippen molar-refractivity contribution in [3.05, 3.63) is 32.8 Å². The summed E-state index contributed by atoms with van der Waals surface area (Å²) in [5, 5.41) is 11.7. The molecule has 1 unspecified atom stereocenters. The maximum atomic E-state index is 10.9. The first-order chi connectivity index (χ1) is 8.47. The molecule has 0 radical (unpaired) electrons. The quantitative estimate of drug-likeness (QED) is 0.417. The van der Waals surface area contributed by atoms with E-state index in [1.54, 1.807) is 12.1 Å². The number of rotatable bonds is 6. The highest BCUT2D eigenvalue weighted by atomic mass is 79.9. The van der Waals surface area contributed by atoms with Gasteiger partial charge in [0, 0.05) is 17.3 Å². The Labute approximate surface area is 123 Å². The summed E-state index contributed by atoms with van der Waals surface area (Å²) in [5.74, 6) is 1.07. The average Bonchev–Trinajstić information content (AvgIpc) is 2.30. The van der Waals surface area contributed by atoms with Crippen LogP contribution in [-0.4, -0.2) is 16.9 Å². The van der Waals surface area contributed by atoms with Gasteiger partial charge in [-0.25, -0.2) is 0 Å². The number of hydrogen-bond acceptors (Lipinski definition) is 3. The Bertz CT molecular complexity index is 424. The summed E-state index contributed by atoms with van der Waals surface area (Å²) >= 11 is 6.71. The van der Waals surface area contributed by atoms with Crippen molar-refractivity contribution in [1.82, 2.24) is 0 Å². The molecule has 0 aliphatic carbocycles. The molecule has 4 nitrogen and oxygen atoms in total. The van der Waals surface area contributed by atoms with E-state index in [2.05, 4.69) is 45.7 Å². The molecule has 0 saturated heterocycles. The number of halogens is 2. The van der Waals surface area contributed by atoms with Gasteiger partial charge in [-0.3, -0.25) is 10.1 Å². The predicted molar refractivity (Wildman–Crippen MR) is 78.4 cm³/mol. The monoisotopic (exact) mass is 379 g/mol. The van der Waals surface area contributed by atoms with Gasteiger partial charge in [0.15, 0.2) is 0 Å². The Hall–Kier alpha value is -0.620. The second-order valence-electron chi connectivity index (χ2n) is 4.31. The second kappa shape index (κ2) is 7.09. The molecule has 6 heteroatoms. The Morgan fingerprint density at radius 1 is 1.44 bits per heavy atom. The van der Waals surface area contributed by atoms with Crippen molar-refractivity contribution in [3.63, 3.8) is 0 Å². The highest BCUT2D eigenvalue weighted by Gasteiger charge is 2.20. The third-order valence-electron chi connectivity index (χ3n) is 2.73. The number of para-hydroxylation sites is 1. The van der Waals surface area contributed by atoms with Gasteiger partial charge in [0.05, 0.1) is 16.0 Å². The van der Waals surface area contributed by atoms with E-state index >= 15 is 0 Å². The van der Waals surface area contributed by atoms with Crippen LogP contribution in [0.3, 0.4) is 0 Å². The Kier molecular flexibility index (Phi) is 6.08.